The number of aromatic nitrogens is 5. The first-order valence-electron chi connectivity index (χ1n) is 17.3. The molecule has 0 unspecified atom stereocenters. The van der Waals surface area contributed by atoms with Crippen molar-refractivity contribution in [2.45, 2.75) is 92.3 Å². The molecule has 1 fully saturated rings. The van der Waals surface area contributed by atoms with Gasteiger partial charge in [0.25, 0.3) is 0 Å². The van der Waals surface area contributed by atoms with Crippen LogP contribution < -0.4 is 27.4 Å². The Kier molecular flexibility index (Phi) is 15.2. The predicted octanol–water partition coefficient (Wildman–Crippen LogP) is 0.964. The normalized spacial score (nSPS) is 14.6. The maximum absolute atomic E-state index is 13.3. The molecular weight excluding hydrogens is 646 g/mol. The van der Waals surface area contributed by atoms with Gasteiger partial charge in [0.1, 0.15) is 24.4 Å². The number of carbonyl (C=O) groups is 4. The van der Waals surface area contributed by atoms with Crippen molar-refractivity contribution in [2.24, 2.45) is 28.4 Å². The summed E-state index contributed by atoms with van der Waals surface area (Å²) in [6, 6.07) is -1.74. The van der Waals surface area contributed by atoms with E-state index in [-0.39, 0.29) is 42.8 Å². The van der Waals surface area contributed by atoms with Crippen molar-refractivity contribution in [2.75, 3.05) is 39.5 Å². The largest absolute Gasteiger partial charge is 0.380 e. The average Bonchev–Trinajstić information content (AvgIpc) is 3.80. The lowest BCUT2D eigenvalue weighted by molar-refractivity contribution is -0.135. The van der Waals surface area contributed by atoms with Crippen molar-refractivity contribution < 1.29 is 28.7 Å². The van der Waals surface area contributed by atoms with Crippen LogP contribution in [0.2, 0.25) is 0 Å². The number of ether oxygens (including phenoxy) is 2. The second-order valence-corrected chi connectivity index (χ2v) is 15.0. The van der Waals surface area contributed by atoms with Crippen molar-refractivity contribution >= 4 is 23.5 Å². The van der Waals surface area contributed by atoms with Crippen LogP contribution in [0.15, 0.2) is 23.4 Å². The highest BCUT2D eigenvalue weighted by Gasteiger charge is 2.32. The zero-order valence-electron chi connectivity index (χ0n) is 30.3. The molecule has 1 aliphatic carbocycles. The molecule has 3 amide bonds. The second-order valence-electron chi connectivity index (χ2n) is 15.0. The van der Waals surface area contributed by atoms with E-state index >= 15 is 0 Å². The molecule has 2 atom stereocenters. The molecule has 1 aliphatic rings. The molecule has 3 rings (SSSR count). The smallest absolute Gasteiger partial charge is 0.344 e. The number of nitrogens with two attached hydrogens (primary N) is 1. The van der Waals surface area contributed by atoms with E-state index in [0.29, 0.717) is 56.8 Å². The maximum atomic E-state index is 13.3. The molecule has 2 aromatic heterocycles. The van der Waals surface area contributed by atoms with Crippen LogP contribution in [0.4, 0.5) is 0 Å². The molecule has 16 nitrogen and oxygen atoms in total. The van der Waals surface area contributed by atoms with Crippen LogP contribution >= 0.6 is 0 Å². The van der Waals surface area contributed by atoms with Gasteiger partial charge < -0.3 is 36.1 Å². The predicted molar refractivity (Wildman–Crippen MR) is 185 cm³/mol. The van der Waals surface area contributed by atoms with Gasteiger partial charge in [-0.2, -0.15) is 0 Å². The standard InChI is InChI=1S/C34H55N9O7/c1-22(2)29(31(47)39-25(9-7-8-12-35)30(46)36-15-27(44)23-10-11-23)40-28(45)17-49-20-34(5,6)21-50-19-33(3,4)18-43-16-26(41-42-43)24-13-37-32(48)38-14-24/h13-14,16,22-23,25,29H,7-12,15,17-21,35H2,1-6H3,(H,36,46)(H,39,47)(H,40,45)(H,37,38,48)/t25-,29-/m0/s1. The van der Waals surface area contributed by atoms with Gasteiger partial charge in [0.05, 0.1) is 32.6 Å². The number of rotatable bonds is 23. The van der Waals surface area contributed by atoms with Crippen molar-refractivity contribution in [3.63, 3.8) is 0 Å². The Morgan fingerprint density at radius 1 is 1.02 bits per heavy atom. The second kappa shape index (κ2) is 18.8. The molecule has 0 aromatic carbocycles. The summed E-state index contributed by atoms with van der Waals surface area (Å²) in [6.07, 6.45) is 8.14. The number of aromatic amines is 1. The SMILES string of the molecule is CC(C)[C@H](NC(=O)COCC(C)(C)COCC(C)(C)Cn1cc(-c2cnc(=O)[nH]c2)nn1)C(=O)N[C@@H](CCCCN)C(=O)NCC(=O)C1CC1. The molecule has 0 bridgehead atoms. The number of hydrogen-bond acceptors (Lipinski definition) is 11. The van der Waals surface area contributed by atoms with E-state index in [1.165, 1.54) is 12.4 Å². The summed E-state index contributed by atoms with van der Waals surface area (Å²) in [7, 11) is 0. The van der Waals surface area contributed by atoms with E-state index in [0.717, 1.165) is 12.8 Å². The summed E-state index contributed by atoms with van der Waals surface area (Å²) in [5, 5.41) is 16.5. The van der Waals surface area contributed by atoms with Gasteiger partial charge in [0, 0.05) is 41.2 Å². The molecule has 2 aromatic rings. The minimum Gasteiger partial charge on any atom is -0.380 e. The maximum Gasteiger partial charge on any atom is 0.344 e. The fourth-order valence-corrected chi connectivity index (χ4v) is 5.16. The molecule has 50 heavy (non-hydrogen) atoms. The van der Waals surface area contributed by atoms with Gasteiger partial charge >= 0.3 is 5.69 Å². The summed E-state index contributed by atoms with van der Waals surface area (Å²) in [5.41, 5.74) is 5.74. The Bertz CT molecular complexity index is 1460. The molecule has 0 radical (unpaired) electrons. The van der Waals surface area contributed by atoms with E-state index in [1.54, 1.807) is 24.7 Å². The molecule has 0 spiro atoms. The van der Waals surface area contributed by atoms with Crippen molar-refractivity contribution in [1.29, 1.82) is 0 Å². The minimum absolute atomic E-state index is 0.00251. The highest BCUT2D eigenvalue weighted by atomic mass is 16.5. The summed E-state index contributed by atoms with van der Waals surface area (Å²) in [6.45, 7) is 13.4. The molecule has 0 aliphatic heterocycles. The number of amides is 3. The first kappa shape index (κ1) is 40.4. The molecule has 1 saturated carbocycles. The summed E-state index contributed by atoms with van der Waals surface area (Å²) in [5.74, 6) is -1.61. The molecular formula is C34H55N9O7. The summed E-state index contributed by atoms with van der Waals surface area (Å²) >= 11 is 0. The molecule has 6 N–H and O–H groups in total. The molecule has 278 valence electrons. The van der Waals surface area contributed by atoms with Gasteiger partial charge in [0.2, 0.25) is 17.7 Å². The third kappa shape index (κ3) is 14.1. The first-order chi connectivity index (χ1) is 23.6. The number of nitrogens with zero attached hydrogens (tertiary/aromatic N) is 4. The molecule has 0 saturated heterocycles. The Hall–Kier alpha value is -4.02. The zero-order chi connectivity index (χ0) is 36.9. The highest BCUT2D eigenvalue weighted by Crippen LogP contribution is 2.29. The van der Waals surface area contributed by atoms with Crippen LogP contribution in [0.5, 0.6) is 0 Å². The van der Waals surface area contributed by atoms with E-state index in [2.05, 4.69) is 50.1 Å². The van der Waals surface area contributed by atoms with Crippen LogP contribution in [0.1, 0.15) is 73.6 Å². The lowest BCUT2D eigenvalue weighted by atomic mass is 9.93. The topological polar surface area (TPSA) is 225 Å². The van der Waals surface area contributed by atoms with E-state index < -0.39 is 40.9 Å². The number of unbranched alkanes of at least 4 members (excludes halogenated alkanes) is 1. The van der Waals surface area contributed by atoms with Gasteiger partial charge in [-0.1, -0.05) is 46.8 Å². The molecule has 16 heteroatoms. The first-order valence-corrected chi connectivity index (χ1v) is 17.3. The average molecular weight is 702 g/mol. The molecule has 2 heterocycles. The van der Waals surface area contributed by atoms with Gasteiger partial charge in [-0.15, -0.1) is 5.10 Å². The fraction of sp³-hybridized carbons (Fsp3) is 0.706. The number of carbonyl (C=O) groups excluding carboxylic acids is 4. The quantitative estimate of drug-likeness (QED) is 0.103. The van der Waals surface area contributed by atoms with Gasteiger partial charge in [-0.3, -0.25) is 23.9 Å². The van der Waals surface area contributed by atoms with Gasteiger partial charge in [0.15, 0.2) is 5.78 Å². The Morgan fingerprint density at radius 2 is 1.72 bits per heavy atom. The van der Waals surface area contributed by atoms with E-state index in [4.69, 9.17) is 15.2 Å². The monoisotopic (exact) mass is 701 g/mol. The van der Waals surface area contributed by atoms with Gasteiger partial charge in [-0.25, -0.2) is 9.78 Å². The van der Waals surface area contributed by atoms with Crippen molar-refractivity contribution in [3.05, 3.63) is 29.1 Å². The summed E-state index contributed by atoms with van der Waals surface area (Å²) in [4.78, 5) is 68.6. The van der Waals surface area contributed by atoms with Crippen molar-refractivity contribution in [3.8, 4) is 11.3 Å². The summed E-state index contributed by atoms with van der Waals surface area (Å²) < 4.78 is 13.5. The number of nitrogens with one attached hydrogen (secondary N) is 4. The van der Waals surface area contributed by atoms with Crippen LogP contribution in [-0.4, -0.2) is 100 Å². The minimum atomic E-state index is -0.892. The number of H-pyrrole nitrogens is 1. The fourth-order valence-electron chi connectivity index (χ4n) is 5.16. The lowest BCUT2D eigenvalue weighted by Gasteiger charge is -2.29. The Labute approximate surface area is 293 Å². The van der Waals surface area contributed by atoms with Crippen LogP contribution in [-0.2, 0) is 35.2 Å². The van der Waals surface area contributed by atoms with E-state index in [9.17, 15) is 24.0 Å². The number of ketones is 1. The third-order valence-electron chi connectivity index (χ3n) is 8.12. The number of Topliss-reactive ketones (excluding diaryl/α,β-unsaturated/α-hetero) is 1. The van der Waals surface area contributed by atoms with Crippen LogP contribution in [0.3, 0.4) is 0 Å². The van der Waals surface area contributed by atoms with Crippen LogP contribution in [0.25, 0.3) is 11.3 Å². The lowest BCUT2D eigenvalue weighted by Crippen LogP contribution is -2.56. The number of hydrogen-bond donors (Lipinski definition) is 5. The third-order valence-corrected chi connectivity index (χ3v) is 8.12. The van der Waals surface area contributed by atoms with Crippen LogP contribution in [0, 0.1) is 22.7 Å². The van der Waals surface area contributed by atoms with E-state index in [1.807, 2.05) is 13.8 Å². The Balaban J connectivity index is 1.42. The highest BCUT2D eigenvalue weighted by molar-refractivity contribution is 5.94. The van der Waals surface area contributed by atoms with Crippen molar-refractivity contribution in [1.82, 2.24) is 40.9 Å². The van der Waals surface area contributed by atoms with Gasteiger partial charge in [-0.05, 0) is 44.6 Å². The zero-order valence-corrected chi connectivity index (χ0v) is 30.3. The Morgan fingerprint density at radius 3 is 2.36 bits per heavy atom.